The highest BCUT2D eigenvalue weighted by atomic mass is 16.7. The number of imide groups is 1. The van der Waals surface area contributed by atoms with Gasteiger partial charge in [-0.1, -0.05) is 23.3 Å². The first-order valence-electron chi connectivity index (χ1n) is 26.8. The number of fused-ring (bicyclic) bond motifs is 4. The first kappa shape index (κ1) is 58.4. The smallest absolute Gasteiger partial charge is 0.333 e. The normalized spacial score (nSPS) is 18.3. The van der Waals surface area contributed by atoms with Gasteiger partial charge in [0.1, 0.15) is 25.6 Å². The number of carbonyl (C=O) groups excluding carboxylic acids is 6. The largest absolute Gasteiger partial charge is 0.493 e. The van der Waals surface area contributed by atoms with Gasteiger partial charge in [0.05, 0.1) is 119 Å². The van der Waals surface area contributed by atoms with Crippen molar-refractivity contribution in [1.29, 1.82) is 0 Å². The lowest BCUT2D eigenvalue weighted by molar-refractivity contribution is -0.197. The van der Waals surface area contributed by atoms with Crippen molar-refractivity contribution in [3.63, 3.8) is 0 Å². The molecule has 5 amide bonds. The Kier molecular flexibility index (Phi) is 20.8. The van der Waals surface area contributed by atoms with Crippen LogP contribution in [0.15, 0.2) is 69.7 Å². The molecule has 8 rings (SSSR count). The van der Waals surface area contributed by atoms with Crippen LogP contribution in [0.2, 0.25) is 0 Å². The summed E-state index contributed by atoms with van der Waals surface area (Å²) in [6.45, 7) is 7.36. The Morgan fingerprint density at radius 2 is 1.12 bits per heavy atom. The molecule has 428 valence electrons. The van der Waals surface area contributed by atoms with E-state index in [1.807, 2.05) is 26.0 Å². The number of aliphatic imine (C=N–C) groups is 2. The molecule has 6 heterocycles. The summed E-state index contributed by atoms with van der Waals surface area (Å²) in [7, 11) is 4.58. The zero-order valence-electron chi connectivity index (χ0n) is 45.9. The number of ether oxygens (including phenoxy) is 9. The SMILES string of the molecule is C/C=C1\CC2C=Nc3cc(OCc4cc(OCCN(CCCC(=O)ON5C(=O)CCC5=O)C(=O)CCOCCOCCOCCOC)cc(COc5cc6c(cc5OC)C(=O)N5C/C(=C/C)C[C@H]5C=N6)n4)c(OC)cc3C(=O)N2C1. The van der Waals surface area contributed by atoms with E-state index in [0.29, 0.717) is 127 Å². The number of rotatable bonds is 29. The fourth-order valence-corrected chi connectivity index (χ4v) is 9.54. The Balaban J connectivity index is 0.978. The molecule has 0 N–H and O–H groups in total. The van der Waals surface area contributed by atoms with Crippen molar-refractivity contribution in [2.24, 2.45) is 9.98 Å². The number of methoxy groups -OCH3 is 3. The van der Waals surface area contributed by atoms with Gasteiger partial charge >= 0.3 is 5.97 Å². The van der Waals surface area contributed by atoms with E-state index in [2.05, 4.69) is 0 Å². The van der Waals surface area contributed by atoms with Crippen LogP contribution >= 0.6 is 0 Å². The average Bonchev–Trinajstić information content (AvgIpc) is 4.16. The number of nitrogens with zero attached hydrogens (tertiary/aromatic N) is 7. The van der Waals surface area contributed by atoms with Crippen molar-refractivity contribution < 1.29 is 76.2 Å². The lowest BCUT2D eigenvalue weighted by Crippen LogP contribution is -2.37. The second-order valence-electron chi connectivity index (χ2n) is 19.2. The van der Waals surface area contributed by atoms with E-state index < -0.39 is 17.8 Å². The van der Waals surface area contributed by atoms with Crippen molar-refractivity contribution in [3.8, 4) is 28.7 Å². The number of benzene rings is 2. The predicted octanol–water partition coefficient (Wildman–Crippen LogP) is 5.69. The fraction of sp³-hybridized carbons (Fsp3) is 0.491. The minimum Gasteiger partial charge on any atom is -0.493 e. The lowest BCUT2D eigenvalue weighted by Gasteiger charge is -2.23. The van der Waals surface area contributed by atoms with Crippen LogP contribution in [0.3, 0.4) is 0 Å². The molecule has 5 aliphatic rings. The van der Waals surface area contributed by atoms with Gasteiger partial charge in [0.25, 0.3) is 23.6 Å². The summed E-state index contributed by atoms with van der Waals surface area (Å²) in [5.74, 6) is -0.912. The molecule has 0 aliphatic carbocycles. The topological polar surface area (TPSA) is 245 Å². The molecule has 3 fully saturated rings. The monoisotopic (exact) mass is 1110 g/mol. The number of aromatic nitrogens is 1. The number of carbonyl (C=O) groups is 6. The number of pyridine rings is 1. The summed E-state index contributed by atoms with van der Waals surface area (Å²) in [6.07, 6.45) is 8.97. The van der Waals surface area contributed by atoms with E-state index in [4.69, 9.17) is 62.4 Å². The number of hydrogen-bond acceptors (Lipinski definition) is 19. The van der Waals surface area contributed by atoms with E-state index in [-0.39, 0.29) is 108 Å². The van der Waals surface area contributed by atoms with Crippen molar-refractivity contribution in [2.75, 3.05) is 100 Å². The van der Waals surface area contributed by atoms with E-state index in [0.717, 1.165) is 11.1 Å². The van der Waals surface area contributed by atoms with Crippen LogP contribution in [0.1, 0.15) is 90.9 Å². The summed E-state index contributed by atoms with van der Waals surface area (Å²) in [5, 5.41) is 0.494. The van der Waals surface area contributed by atoms with E-state index in [1.165, 1.54) is 19.1 Å². The van der Waals surface area contributed by atoms with Crippen LogP contribution in [0.4, 0.5) is 11.4 Å². The van der Waals surface area contributed by atoms with Gasteiger partial charge in [-0.25, -0.2) is 4.79 Å². The Labute approximate surface area is 464 Å². The molecule has 0 saturated carbocycles. The molecule has 80 heavy (non-hydrogen) atoms. The highest BCUT2D eigenvalue weighted by Gasteiger charge is 2.37. The van der Waals surface area contributed by atoms with Crippen molar-refractivity contribution in [2.45, 2.75) is 84.1 Å². The van der Waals surface area contributed by atoms with Crippen LogP contribution in [0.25, 0.3) is 0 Å². The highest BCUT2D eigenvalue weighted by molar-refractivity contribution is 6.05. The predicted molar refractivity (Wildman–Crippen MR) is 289 cm³/mol. The Bertz CT molecular complexity index is 2740. The first-order chi connectivity index (χ1) is 38.9. The Morgan fingerprint density at radius 3 is 1.62 bits per heavy atom. The number of hydrogen-bond donors (Lipinski definition) is 0. The molecule has 0 spiro atoms. The summed E-state index contributed by atoms with van der Waals surface area (Å²) in [4.78, 5) is 103. The van der Waals surface area contributed by atoms with Gasteiger partial charge in [0.15, 0.2) is 23.0 Å². The molecule has 23 nitrogen and oxygen atoms in total. The standard InChI is InChI=1S/C57H69N7O16/c1-6-37-23-41-31-58-46-29-50(48(72-4)27-44(46)56(69)62(41)33-37)78-35-39-25-43(26-40(60-39)36-79-51-30-47-45(28-49(51)73-5)57(70)63-34-38(7-2)24-42(63)32-59-47)77-16-14-61(13-8-9-55(68)80-64-53(66)10-11-54(64)67)52(65)12-15-74-19-20-76-22-21-75-18-17-71-3/h6-7,25-32,41-42H,8-24,33-36H2,1-5H3/b37-6+,38-7+/t41-,42?/m0/s1. The molecular formula is C57H69N7O16. The van der Waals surface area contributed by atoms with Crippen LogP contribution in [0.5, 0.6) is 28.7 Å². The molecule has 3 saturated heterocycles. The number of amides is 5. The third kappa shape index (κ3) is 14.9. The molecule has 0 radical (unpaired) electrons. The van der Waals surface area contributed by atoms with Crippen LogP contribution < -0.4 is 23.7 Å². The van der Waals surface area contributed by atoms with Crippen LogP contribution in [0, 0.1) is 0 Å². The van der Waals surface area contributed by atoms with Crippen molar-refractivity contribution in [1.82, 2.24) is 24.7 Å². The number of allylic oxidation sites excluding steroid dienone is 2. The first-order valence-corrected chi connectivity index (χ1v) is 26.8. The van der Waals surface area contributed by atoms with Crippen LogP contribution in [-0.4, -0.2) is 185 Å². The van der Waals surface area contributed by atoms with Gasteiger partial charge in [-0.05, 0) is 45.2 Å². The molecule has 5 aliphatic heterocycles. The molecule has 2 aromatic carbocycles. The maximum Gasteiger partial charge on any atom is 0.333 e. The van der Waals surface area contributed by atoms with Gasteiger partial charge in [-0.2, -0.15) is 0 Å². The zero-order chi connectivity index (χ0) is 56.5. The minimum atomic E-state index is -0.785. The van der Waals surface area contributed by atoms with Gasteiger partial charge < -0.3 is 62.2 Å². The summed E-state index contributed by atoms with van der Waals surface area (Å²) in [6, 6.07) is 9.65. The molecule has 23 heteroatoms. The minimum absolute atomic E-state index is 0.00478. The van der Waals surface area contributed by atoms with Gasteiger partial charge in [-0.15, -0.1) is 5.06 Å². The maximum atomic E-state index is 13.8. The van der Waals surface area contributed by atoms with Gasteiger partial charge in [-0.3, -0.25) is 38.9 Å². The summed E-state index contributed by atoms with van der Waals surface area (Å²) >= 11 is 0. The average molecular weight is 1110 g/mol. The second kappa shape index (κ2) is 28.4. The molecule has 1 aromatic heterocycles. The highest BCUT2D eigenvalue weighted by Crippen LogP contribution is 2.41. The molecule has 1 unspecified atom stereocenters. The van der Waals surface area contributed by atoms with Gasteiger partial charge in [0, 0.05) is 82.7 Å². The zero-order valence-corrected chi connectivity index (χ0v) is 45.9. The second-order valence-corrected chi connectivity index (χ2v) is 19.2. The molecule has 2 atom stereocenters. The lowest BCUT2D eigenvalue weighted by atomic mass is 10.1. The third-order valence-corrected chi connectivity index (χ3v) is 13.9. The fourth-order valence-electron chi connectivity index (χ4n) is 9.54. The summed E-state index contributed by atoms with van der Waals surface area (Å²) in [5.41, 5.74) is 4.82. The summed E-state index contributed by atoms with van der Waals surface area (Å²) < 4.78 is 52.2. The van der Waals surface area contributed by atoms with Crippen molar-refractivity contribution in [3.05, 3.63) is 82.2 Å². The van der Waals surface area contributed by atoms with E-state index >= 15 is 0 Å². The number of hydroxylamine groups is 2. The Hall–Kier alpha value is -7.73. The Morgan fingerprint density at radius 1 is 0.613 bits per heavy atom. The third-order valence-electron chi connectivity index (χ3n) is 13.9. The molecular weight excluding hydrogens is 1040 g/mol. The molecule has 3 aromatic rings. The molecule has 0 bridgehead atoms. The van der Waals surface area contributed by atoms with E-state index in [9.17, 15) is 28.8 Å². The van der Waals surface area contributed by atoms with Gasteiger partial charge in [0.2, 0.25) is 5.91 Å². The van der Waals surface area contributed by atoms with Crippen LogP contribution in [-0.2, 0) is 56.2 Å². The maximum absolute atomic E-state index is 13.8. The quantitative estimate of drug-likeness (QED) is 0.0460. The van der Waals surface area contributed by atoms with Crippen molar-refractivity contribution >= 4 is 59.3 Å². The van der Waals surface area contributed by atoms with E-state index in [1.54, 1.807) is 65.7 Å².